The Morgan fingerprint density at radius 2 is 2.13 bits per heavy atom. The summed E-state index contributed by atoms with van der Waals surface area (Å²) in [5.74, 6) is -0.834. The third kappa shape index (κ3) is 2.81. The number of nitrogens with zero attached hydrogens (tertiary/aromatic N) is 1. The van der Waals surface area contributed by atoms with E-state index in [1.54, 1.807) is 18.2 Å². The number of para-hydroxylation sites is 1. The van der Waals surface area contributed by atoms with Crippen LogP contribution in [-0.4, -0.2) is 12.5 Å². The topological polar surface area (TPSA) is 20.3 Å². The van der Waals surface area contributed by atoms with Gasteiger partial charge in [0.1, 0.15) is 5.82 Å². The molecule has 2 aromatic carbocycles. The van der Waals surface area contributed by atoms with Crippen molar-refractivity contribution < 1.29 is 9.18 Å². The van der Waals surface area contributed by atoms with Crippen molar-refractivity contribution >= 4 is 39.1 Å². The fourth-order valence-corrected chi connectivity index (χ4v) is 3.53. The molecule has 0 fully saturated rings. The molecule has 1 atom stereocenters. The van der Waals surface area contributed by atoms with Gasteiger partial charge in [0.15, 0.2) is 0 Å². The minimum atomic E-state index is -0.508. The van der Waals surface area contributed by atoms with Gasteiger partial charge in [-0.2, -0.15) is 0 Å². The van der Waals surface area contributed by atoms with E-state index in [-0.39, 0.29) is 22.5 Å². The number of rotatable bonds is 2. The van der Waals surface area contributed by atoms with Crippen LogP contribution in [0.5, 0.6) is 0 Å². The van der Waals surface area contributed by atoms with E-state index in [0.717, 1.165) is 15.6 Å². The van der Waals surface area contributed by atoms with E-state index in [4.69, 9.17) is 11.6 Å². The summed E-state index contributed by atoms with van der Waals surface area (Å²) in [6.07, 6.45) is 0. The normalized spacial score (nSPS) is 17.1. The Balaban J connectivity index is 2.18. The molecule has 0 radical (unpaired) electrons. The SMILES string of the molecule is C=C(C)C1CN(c2c(F)cccc2Cl)C(=O)c2ccc(Br)cc21. The lowest BCUT2D eigenvalue weighted by molar-refractivity contribution is 0.0977. The molecule has 118 valence electrons. The van der Waals surface area contributed by atoms with Crippen molar-refractivity contribution in [3.05, 3.63) is 75.0 Å². The van der Waals surface area contributed by atoms with Gasteiger partial charge in [0.05, 0.1) is 10.7 Å². The Labute approximate surface area is 147 Å². The van der Waals surface area contributed by atoms with Gasteiger partial charge in [0.2, 0.25) is 0 Å². The predicted octanol–water partition coefficient (Wildman–Crippen LogP) is 5.56. The highest BCUT2D eigenvalue weighted by atomic mass is 79.9. The van der Waals surface area contributed by atoms with Gasteiger partial charge in [0.25, 0.3) is 5.91 Å². The quantitative estimate of drug-likeness (QED) is 0.611. The van der Waals surface area contributed by atoms with E-state index < -0.39 is 5.82 Å². The molecule has 0 saturated heterocycles. The van der Waals surface area contributed by atoms with Crippen molar-refractivity contribution in [3.63, 3.8) is 0 Å². The van der Waals surface area contributed by atoms with Gasteiger partial charge in [-0.3, -0.25) is 4.79 Å². The lowest BCUT2D eigenvalue weighted by Gasteiger charge is -2.35. The number of hydrogen-bond acceptors (Lipinski definition) is 1. The number of hydrogen-bond donors (Lipinski definition) is 0. The first-order valence-electron chi connectivity index (χ1n) is 7.11. The summed E-state index contributed by atoms with van der Waals surface area (Å²) in [6, 6.07) is 9.89. The third-order valence-corrected chi connectivity index (χ3v) is 4.83. The molecule has 0 aromatic heterocycles. The minimum Gasteiger partial charge on any atom is -0.303 e. The van der Waals surface area contributed by atoms with Crippen LogP contribution in [0.2, 0.25) is 5.02 Å². The summed E-state index contributed by atoms with van der Waals surface area (Å²) in [6.45, 7) is 6.25. The van der Waals surface area contributed by atoms with Crippen LogP contribution in [0.4, 0.5) is 10.1 Å². The average Bonchev–Trinajstić information content (AvgIpc) is 2.48. The van der Waals surface area contributed by atoms with Crippen LogP contribution < -0.4 is 4.90 Å². The zero-order valence-electron chi connectivity index (χ0n) is 12.4. The van der Waals surface area contributed by atoms with Crippen LogP contribution in [0.1, 0.15) is 28.8 Å². The number of amides is 1. The first kappa shape index (κ1) is 16.2. The molecule has 1 aliphatic heterocycles. The van der Waals surface area contributed by atoms with Gasteiger partial charge in [0, 0.05) is 22.5 Å². The van der Waals surface area contributed by atoms with Gasteiger partial charge < -0.3 is 4.90 Å². The van der Waals surface area contributed by atoms with Crippen LogP contribution in [0, 0.1) is 5.82 Å². The van der Waals surface area contributed by atoms with Crippen LogP contribution in [0.3, 0.4) is 0 Å². The highest BCUT2D eigenvalue weighted by Crippen LogP contribution is 2.39. The second kappa shape index (κ2) is 6.10. The number of halogens is 3. The molecular weight excluding hydrogens is 381 g/mol. The Morgan fingerprint density at radius 1 is 1.39 bits per heavy atom. The maximum Gasteiger partial charge on any atom is 0.258 e. The zero-order valence-corrected chi connectivity index (χ0v) is 14.8. The summed E-state index contributed by atoms with van der Waals surface area (Å²) in [4.78, 5) is 14.3. The van der Waals surface area contributed by atoms with Crippen LogP contribution in [0.15, 0.2) is 53.0 Å². The number of fused-ring (bicyclic) bond motifs is 1. The molecular formula is C18H14BrClFNO. The molecule has 0 saturated carbocycles. The zero-order chi connectivity index (χ0) is 16.7. The Hall–Kier alpha value is -1.65. The number of carbonyl (C=O) groups is 1. The summed E-state index contributed by atoms with van der Waals surface area (Å²) < 4.78 is 15.2. The molecule has 1 amide bonds. The van der Waals surface area contributed by atoms with E-state index in [9.17, 15) is 9.18 Å². The van der Waals surface area contributed by atoms with Crippen LogP contribution in [0.25, 0.3) is 0 Å². The third-order valence-electron chi connectivity index (χ3n) is 4.03. The number of carbonyl (C=O) groups excluding carboxylic acids is 1. The average molecular weight is 395 g/mol. The fourth-order valence-electron chi connectivity index (χ4n) is 2.89. The van der Waals surface area contributed by atoms with Crippen molar-refractivity contribution in [1.82, 2.24) is 0 Å². The largest absolute Gasteiger partial charge is 0.303 e. The molecule has 0 spiro atoms. The monoisotopic (exact) mass is 393 g/mol. The second-order valence-electron chi connectivity index (χ2n) is 5.62. The van der Waals surface area contributed by atoms with E-state index in [1.165, 1.54) is 17.0 Å². The number of benzene rings is 2. The Morgan fingerprint density at radius 3 is 2.78 bits per heavy atom. The summed E-state index contributed by atoms with van der Waals surface area (Å²) in [5.41, 5.74) is 2.49. The minimum absolute atomic E-state index is 0.0733. The first-order chi connectivity index (χ1) is 10.9. The van der Waals surface area contributed by atoms with E-state index >= 15 is 0 Å². The molecule has 3 rings (SSSR count). The van der Waals surface area contributed by atoms with Crippen LogP contribution in [-0.2, 0) is 0 Å². The van der Waals surface area contributed by atoms with Crippen molar-refractivity contribution in [1.29, 1.82) is 0 Å². The molecule has 0 bridgehead atoms. The number of anilines is 1. The van der Waals surface area contributed by atoms with Gasteiger partial charge in [-0.1, -0.05) is 45.7 Å². The van der Waals surface area contributed by atoms with Crippen molar-refractivity contribution in [2.75, 3.05) is 11.4 Å². The molecule has 2 nitrogen and oxygen atoms in total. The standard InChI is InChI=1S/C18H14BrClFNO/c1-10(2)14-9-22(17-15(20)4-3-5-16(17)21)18(23)12-7-6-11(19)8-13(12)14/h3-8,14H,1,9H2,2H3. The van der Waals surface area contributed by atoms with E-state index in [1.807, 2.05) is 13.0 Å². The summed E-state index contributed by atoms with van der Waals surface area (Å²) >= 11 is 9.58. The van der Waals surface area contributed by atoms with Gasteiger partial charge >= 0.3 is 0 Å². The highest BCUT2D eigenvalue weighted by molar-refractivity contribution is 9.10. The van der Waals surface area contributed by atoms with E-state index in [2.05, 4.69) is 22.5 Å². The van der Waals surface area contributed by atoms with Gasteiger partial charge in [-0.25, -0.2) is 4.39 Å². The molecule has 1 unspecified atom stereocenters. The predicted molar refractivity (Wildman–Crippen MR) is 94.8 cm³/mol. The molecule has 0 N–H and O–H groups in total. The Kier molecular flexibility index (Phi) is 4.30. The van der Waals surface area contributed by atoms with Crippen molar-refractivity contribution in [2.45, 2.75) is 12.8 Å². The molecule has 23 heavy (non-hydrogen) atoms. The molecule has 2 aromatic rings. The van der Waals surface area contributed by atoms with E-state index in [0.29, 0.717) is 12.1 Å². The van der Waals surface area contributed by atoms with Crippen molar-refractivity contribution in [2.24, 2.45) is 0 Å². The highest BCUT2D eigenvalue weighted by Gasteiger charge is 2.34. The molecule has 0 aliphatic carbocycles. The second-order valence-corrected chi connectivity index (χ2v) is 6.94. The van der Waals surface area contributed by atoms with Crippen molar-refractivity contribution in [3.8, 4) is 0 Å². The molecule has 5 heteroatoms. The maximum absolute atomic E-state index is 14.3. The van der Waals surface area contributed by atoms with Gasteiger partial charge in [-0.05, 0) is 42.8 Å². The van der Waals surface area contributed by atoms with Crippen LogP contribution >= 0.6 is 27.5 Å². The summed E-state index contributed by atoms with van der Waals surface area (Å²) in [7, 11) is 0. The smallest absolute Gasteiger partial charge is 0.258 e. The molecule has 1 aliphatic rings. The summed E-state index contributed by atoms with van der Waals surface area (Å²) in [5, 5.41) is 0.222. The fraction of sp³-hybridized carbons (Fsp3) is 0.167. The maximum atomic E-state index is 14.3. The Bertz CT molecular complexity index is 800. The lowest BCUT2D eigenvalue weighted by atomic mass is 9.85. The first-order valence-corrected chi connectivity index (χ1v) is 8.28. The van der Waals surface area contributed by atoms with Gasteiger partial charge in [-0.15, -0.1) is 0 Å². The molecule has 1 heterocycles. The lowest BCUT2D eigenvalue weighted by Crippen LogP contribution is -2.41.